The van der Waals surface area contributed by atoms with E-state index in [1.165, 1.54) is 4.90 Å². The number of rotatable bonds is 2. The Morgan fingerprint density at radius 1 is 0.919 bits per heavy atom. The fourth-order valence-electron chi connectivity index (χ4n) is 6.57. The summed E-state index contributed by atoms with van der Waals surface area (Å²) in [7, 11) is 0. The van der Waals surface area contributed by atoms with Gasteiger partial charge in [0, 0.05) is 16.6 Å². The number of amides is 2. The maximum atomic E-state index is 14.3. The van der Waals surface area contributed by atoms with E-state index in [0.717, 1.165) is 5.56 Å². The number of halogens is 1. The molecule has 0 unspecified atom stereocenters. The first-order chi connectivity index (χ1) is 17.8. The Morgan fingerprint density at radius 3 is 2.38 bits per heavy atom. The summed E-state index contributed by atoms with van der Waals surface area (Å²) in [6.07, 6.45) is 0. The van der Waals surface area contributed by atoms with Crippen LogP contribution in [0.5, 0.6) is 0 Å². The van der Waals surface area contributed by atoms with Gasteiger partial charge in [0.25, 0.3) is 5.56 Å². The predicted octanol–water partition coefficient (Wildman–Crippen LogP) is 4.03. The largest absolute Gasteiger partial charge is 0.296 e. The van der Waals surface area contributed by atoms with Gasteiger partial charge in [0.05, 0.1) is 34.1 Å². The number of imide groups is 1. The summed E-state index contributed by atoms with van der Waals surface area (Å²) in [5.41, 5.74) is 1.19. The fraction of sp³-hybridized carbons (Fsp3) is 0.241. The zero-order valence-corrected chi connectivity index (χ0v) is 20.9. The zero-order valence-electron chi connectivity index (χ0n) is 20.2. The first-order valence-electron chi connectivity index (χ1n) is 12.4. The number of nitrogens with one attached hydrogen (secondary N) is 1. The van der Waals surface area contributed by atoms with E-state index in [1.807, 2.05) is 56.3 Å². The van der Waals surface area contributed by atoms with Gasteiger partial charge in [-0.05, 0) is 48.4 Å². The minimum atomic E-state index is -1.13. The molecular formula is C29H23ClN4O3. The van der Waals surface area contributed by atoms with Gasteiger partial charge in [-0.3, -0.25) is 24.3 Å². The first kappa shape index (κ1) is 22.4. The van der Waals surface area contributed by atoms with Gasteiger partial charge >= 0.3 is 0 Å². The van der Waals surface area contributed by atoms with E-state index in [2.05, 4.69) is 5.32 Å². The molecule has 2 amide bonds. The van der Waals surface area contributed by atoms with Gasteiger partial charge in [-0.25, -0.2) is 9.88 Å². The number of aromatic nitrogens is 2. The SMILES string of the molecule is CC(C)[C@@H]1N[C@]2(c3ccccc3-n3c2nc2ccccc2c3=O)[C@H]2C(=O)N(c3ccc(Cl)cc3)C(=O)[C@@H]12. The molecule has 1 spiro atoms. The van der Waals surface area contributed by atoms with Crippen LogP contribution in [-0.2, 0) is 15.1 Å². The van der Waals surface area contributed by atoms with Crippen LogP contribution in [0, 0.1) is 17.8 Å². The van der Waals surface area contributed by atoms with Crippen LogP contribution in [0.4, 0.5) is 5.69 Å². The highest BCUT2D eigenvalue weighted by Crippen LogP contribution is 2.56. The molecule has 3 aliphatic rings. The molecule has 7 nitrogen and oxygen atoms in total. The summed E-state index contributed by atoms with van der Waals surface area (Å²) in [6, 6.07) is 21.2. The Kier molecular flexibility index (Phi) is 4.60. The lowest BCUT2D eigenvalue weighted by Crippen LogP contribution is -2.51. The van der Waals surface area contributed by atoms with Crippen LogP contribution >= 0.6 is 11.6 Å². The molecule has 184 valence electrons. The molecule has 4 heterocycles. The third kappa shape index (κ3) is 2.76. The number of fused-ring (bicyclic) bond motifs is 8. The Labute approximate surface area is 217 Å². The lowest BCUT2D eigenvalue weighted by atomic mass is 9.75. The minimum absolute atomic E-state index is 0.0437. The maximum Gasteiger partial charge on any atom is 0.266 e. The predicted molar refractivity (Wildman–Crippen MR) is 141 cm³/mol. The van der Waals surface area contributed by atoms with Crippen LogP contribution in [-0.4, -0.2) is 27.4 Å². The van der Waals surface area contributed by atoms with Crippen LogP contribution in [0.25, 0.3) is 16.6 Å². The number of para-hydroxylation sites is 2. The van der Waals surface area contributed by atoms with Crippen molar-refractivity contribution in [1.29, 1.82) is 0 Å². The molecule has 37 heavy (non-hydrogen) atoms. The van der Waals surface area contributed by atoms with Gasteiger partial charge in [0.1, 0.15) is 11.4 Å². The van der Waals surface area contributed by atoms with Crippen molar-refractivity contribution in [3.05, 3.63) is 99.6 Å². The Bertz CT molecular complexity index is 1700. The van der Waals surface area contributed by atoms with Crippen molar-refractivity contribution < 1.29 is 9.59 Å². The third-order valence-electron chi connectivity index (χ3n) is 8.10. The van der Waals surface area contributed by atoms with E-state index >= 15 is 0 Å². The van der Waals surface area contributed by atoms with Crippen molar-refractivity contribution in [2.75, 3.05) is 4.90 Å². The van der Waals surface area contributed by atoms with Crippen molar-refractivity contribution in [3.63, 3.8) is 0 Å². The molecule has 3 aromatic carbocycles. The molecular weight excluding hydrogens is 488 g/mol. The second-order valence-electron chi connectivity index (χ2n) is 10.3. The minimum Gasteiger partial charge on any atom is -0.296 e. The summed E-state index contributed by atoms with van der Waals surface area (Å²) in [5.74, 6) is -1.45. The first-order valence-corrected chi connectivity index (χ1v) is 12.8. The maximum absolute atomic E-state index is 14.3. The molecule has 8 heteroatoms. The molecule has 1 aromatic heterocycles. The Morgan fingerprint density at radius 2 is 1.62 bits per heavy atom. The molecule has 0 saturated carbocycles. The fourth-order valence-corrected chi connectivity index (χ4v) is 6.70. The lowest BCUT2D eigenvalue weighted by Gasteiger charge is -2.32. The smallest absolute Gasteiger partial charge is 0.266 e. The number of nitrogens with zero attached hydrogens (tertiary/aromatic N) is 3. The van der Waals surface area contributed by atoms with E-state index in [0.29, 0.717) is 33.1 Å². The molecule has 0 aliphatic carbocycles. The van der Waals surface area contributed by atoms with E-state index in [9.17, 15) is 14.4 Å². The summed E-state index contributed by atoms with van der Waals surface area (Å²) in [5, 5.41) is 4.73. The van der Waals surface area contributed by atoms with E-state index in [-0.39, 0.29) is 29.3 Å². The molecule has 4 atom stereocenters. The number of anilines is 1. The number of hydrogen-bond acceptors (Lipinski definition) is 5. The van der Waals surface area contributed by atoms with Crippen LogP contribution in [0.3, 0.4) is 0 Å². The lowest BCUT2D eigenvalue weighted by molar-refractivity contribution is -0.123. The third-order valence-corrected chi connectivity index (χ3v) is 8.35. The summed E-state index contributed by atoms with van der Waals surface area (Å²) < 4.78 is 1.62. The monoisotopic (exact) mass is 510 g/mol. The standard InChI is InChI=1S/C29H23ClN4O3/c1-15(2)24-22-23(27(37)33(26(22)36)17-13-11-16(30)12-14-17)29(32-24)19-8-4-6-10-21(19)34-25(35)18-7-3-5-9-20(18)31-28(29)34/h3-15,22-24,32H,1-2H3/t22-,23-,24+,29-/m1/s1. The highest BCUT2D eigenvalue weighted by molar-refractivity contribution is 6.31. The van der Waals surface area contributed by atoms with Gasteiger partial charge < -0.3 is 0 Å². The molecule has 7 rings (SSSR count). The van der Waals surface area contributed by atoms with Gasteiger partial charge in [-0.2, -0.15) is 0 Å². The van der Waals surface area contributed by atoms with Gasteiger partial charge in [-0.15, -0.1) is 0 Å². The van der Waals surface area contributed by atoms with Crippen LogP contribution < -0.4 is 15.8 Å². The highest BCUT2D eigenvalue weighted by Gasteiger charge is 2.70. The average molecular weight is 511 g/mol. The summed E-state index contributed by atoms with van der Waals surface area (Å²) in [4.78, 5) is 48.4. The molecule has 2 fully saturated rings. The number of hydrogen-bond donors (Lipinski definition) is 1. The van der Waals surface area contributed by atoms with Crippen molar-refractivity contribution in [3.8, 4) is 5.69 Å². The van der Waals surface area contributed by atoms with E-state index in [1.54, 1.807) is 34.9 Å². The van der Waals surface area contributed by atoms with Gasteiger partial charge in [0.15, 0.2) is 0 Å². The Hall–Kier alpha value is -3.81. The van der Waals surface area contributed by atoms with Crippen molar-refractivity contribution >= 4 is 40.0 Å². The van der Waals surface area contributed by atoms with Crippen LogP contribution in [0.15, 0.2) is 77.6 Å². The summed E-state index contributed by atoms with van der Waals surface area (Å²) in [6.45, 7) is 4.08. The summed E-state index contributed by atoms with van der Waals surface area (Å²) >= 11 is 6.09. The number of benzene rings is 3. The quantitative estimate of drug-likeness (QED) is 0.412. The molecule has 1 N–H and O–H groups in total. The van der Waals surface area contributed by atoms with Crippen LogP contribution in [0.2, 0.25) is 5.02 Å². The number of carbonyl (C=O) groups excluding carboxylic acids is 2. The van der Waals surface area contributed by atoms with E-state index < -0.39 is 17.4 Å². The normalized spacial score (nSPS) is 25.8. The Balaban J connectivity index is 1.53. The average Bonchev–Trinajstić information content (AvgIpc) is 3.49. The van der Waals surface area contributed by atoms with Crippen molar-refractivity contribution in [2.24, 2.45) is 17.8 Å². The molecule has 0 radical (unpaired) electrons. The number of carbonyl (C=O) groups is 2. The zero-order chi connectivity index (χ0) is 25.6. The second-order valence-corrected chi connectivity index (χ2v) is 10.8. The topological polar surface area (TPSA) is 84.3 Å². The van der Waals surface area contributed by atoms with Crippen LogP contribution in [0.1, 0.15) is 25.2 Å². The van der Waals surface area contributed by atoms with Gasteiger partial charge in [-0.1, -0.05) is 55.8 Å². The second kappa shape index (κ2) is 7.60. The van der Waals surface area contributed by atoms with Crippen molar-refractivity contribution in [2.45, 2.75) is 25.4 Å². The highest BCUT2D eigenvalue weighted by atomic mass is 35.5. The molecule has 3 aliphatic heterocycles. The molecule has 4 aromatic rings. The van der Waals surface area contributed by atoms with Crippen molar-refractivity contribution in [1.82, 2.24) is 14.9 Å². The van der Waals surface area contributed by atoms with Gasteiger partial charge in [0.2, 0.25) is 11.8 Å². The van der Waals surface area contributed by atoms with E-state index in [4.69, 9.17) is 16.6 Å². The molecule has 0 bridgehead atoms. The molecule has 2 saturated heterocycles.